The Labute approximate surface area is 47.9 Å². The van der Waals surface area contributed by atoms with E-state index in [0.29, 0.717) is 0 Å². The van der Waals surface area contributed by atoms with E-state index in [1.807, 2.05) is 0 Å². The molecule has 0 N–H and O–H groups in total. The molecule has 0 aliphatic rings. The van der Waals surface area contributed by atoms with Gasteiger partial charge in [-0.1, -0.05) is 14.0 Å². The van der Waals surface area contributed by atoms with Crippen molar-refractivity contribution in [1.82, 2.24) is 0 Å². The third kappa shape index (κ3) is 5.50. The summed E-state index contributed by atoms with van der Waals surface area (Å²) in [7, 11) is 0. The molecule has 7 heavy (non-hydrogen) atoms. The third-order valence-electron chi connectivity index (χ3n) is 0.243. The Hall–Kier alpha value is -0.500. The van der Waals surface area contributed by atoms with Gasteiger partial charge in [-0.2, -0.15) is 0 Å². The van der Waals surface area contributed by atoms with Crippen LogP contribution in [0.15, 0.2) is 12.7 Å². The van der Waals surface area contributed by atoms with Crippen molar-refractivity contribution in [3.05, 3.63) is 12.7 Å². The van der Waals surface area contributed by atoms with Gasteiger partial charge in [0, 0.05) is 6.08 Å². The zero-order valence-corrected chi connectivity index (χ0v) is 3.73. The van der Waals surface area contributed by atoms with E-state index in [9.17, 15) is 4.79 Å². The van der Waals surface area contributed by atoms with Crippen molar-refractivity contribution < 1.29 is 9.08 Å². The smallest absolute Gasteiger partial charge is 0.344 e. The maximum absolute atomic E-state index is 9.71. The first-order valence-electron chi connectivity index (χ1n) is 1.26. The number of hydrogen-bond acceptors (Lipinski definition) is 2. The summed E-state index contributed by atoms with van der Waals surface area (Å²) in [5, 5.41) is 0. The summed E-state index contributed by atoms with van der Waals surface area (Å²) in [6.45, 7) is 3.07. The highest BCUT2D eigenvalue weighted by atomic mass is 35.5. The summed E-state index contributed by atoms with van der Waals surface area (Å²) in [5.74, 6) is -0.628. The molecule has 0 bridgehead atoms. The highest BCUT2D eigenvalue weighted by Gasteiger charge is 1.85. The Bertz CT molecular complexity index is 70.1. The zero-order chi connectivity index (χ0) is 4.99. The van der Waals surface area contributed by atoms with Crippen LogP contribution in [0.2, 0.25) is 0 Å². The topological polar surface area (TPSA) is 26.3 Å². The van der Waals surface area contributed by atoms with Gasteiger partial charge in [0.2, 0.25) is 0 Å². The van der Waals surface area contributed by atoms with E-state index >= 15 is 0 Å². The molecule has 0 aliphatic carbocycles. The van der Waals surface area contributed by atoms with Gasteiger partial charge in [0.05, 0.1) is 0 Å². The van der Waals surface area contributed by atoms with E-state index in [1.165, 1.54) is 0 Å². The van der Waals surface area contributed by atoms with Gasteiger partial charge in [0.25, 0.3) is 0 Å². The molecule has 0 atom stereocenters. The number of carbonyl (C=O) groups excluding carboxylic acids is 1. The Balaban J connectivity index is 0. The minimum absolute atomic E-state index is 0. The molecular weight excluding hydrogens is 115 g/mol. The van der Waals surface area contributed by atoms with Crippen LogP contribution in [-0.2, 0) is 9.08 Å². The van der Waals surface area contributed by atoms with Gasteiger partial charge in [-0.3, -0.25) is 0 Å². The zero-order valence-electron chi connectivity index (χ0n) is 2.98. The predicted molar refractivity (Wildman–Crippen MR) is 28.9 cm³/mol. The van der Waals surface area contributed by atoms with Gasteiger partial charge in [-0.15, -0.1) is 0 Å². The summed E-state index contributed by atoms with van der Waals surface area (Å²) in [6.07, 6.45) is 0.979. The predicted octanol–water partition coefficient (Wildman–Crippen LogP) is 1.51. The largest absolute Gasteiger partial charge is 0.348 e. The van der Waals surface area contributed by atoms with Crippen molar-refractivity contribution in [2.45, 2.75) is 7.43 Å². The van der Waals surface area contributed by atoms with Crippen LogP contribution in [0.3, 0.4) is 0 Å². The molecular formula is C4H7ClO2. The second-order valence-corrected chi connectivity index (χ2v) is 0.755. The lowest BCUT2D eigenvalue weighted by molar-refractivity contribution is -0.128. The fraction of sp³-hybridized carbons (Fsp3) is 0.250. The highest BCUT2D eigenvalue weighted by Crippen LogP contribution is 1.79. The molecule has 0 aromatic rings. The molecule has 0 rings (SSSR count). The fourth-order valence-corrected chi connectivity index (χ4v) is 0.0945. The van der Waals surface area contributed by atoms with Gasteiger partial charge in [0.1, 0.15) is 11.9 Å². The van der Waals surface area contributed by atoms with E-state index in [-0.39, 0.29) is 7.43 Å². The average Bonchev–Trinajstić information content (AvgIpc) is 1.65. The molecule has 0 saturated carbocycles. The van der Waals surface area contributed by atoms with Gasteiger partial charge in [-0.05, 0) is 0 Å². The normalized spacial score (nSPS) is 5.86. The van der Waals surface area contributed by atoms with Gasteiger partial charge in [0.15, 0.2) is 0 Å². The first-order chi connectivity index (χ1) is 2.81. The third-order valence-corrected chi connectivity index (χ3v) is 0.395. The lowest BCUT2D eigenvalue weighted by Crippen LogP contribution is -1.86. The van der Waals surface area contributed by atoms with Crippen molar-refractivity contribution in [2.24, 2.45) is 0 Å². The molecule has 0 spiro atoms. The summed E-state index contributed by atoms with van der Waals surface area (Å²) in [6, 6.07) is 0. The van der Waals surface area contributed by atoms with Crippen LogP contribution in [0, 0.1) is 0 Å². The van der Waals surface area contributed by atoms with Crippen LogP contribution in [0.1, 0.15) is 7.43 Å². The van der Waals surface area contributed by atoms with Crippen LogP contribution in [-0.4, -0.2) is 5.97 Å². The second-order valence-electron chi connectivity index (χ2n) is 0.600. The van der Waals surface area contributed by atoms with E-state index in [1.54, 1.807) is 0 Å². The van der Waals surface area contributed by atoms with Crippen LogP contribution in [0.25, 0.3) is 0 Å². The van der Waals surface area contributed by atoms with Crippen molar-refractivity contribution in [3.63, 3.8) is 0 Å². The number of halogens is 1. The number of hydrogen-bond donors (Lipinski definition) is 0. The minimum atomic E-state index is -0.628. The quantitative estimate of drug-likeness (QED) is 0.493. The lowest BCUT2D eigenvalue weighted by atomic mass is 10.7. The molecule has 0 heterocycles. The van der Waals surface area contributed by atoms with Crippen LogP contribution >= 0.6 is 11.9 Å². The highest BCUT2D eigenvalue weighted by molar-refractivity contribution is 6.14. The van der Waals surface area contributed by atoms with Crippen LogP contribution in [0.5, 0.6) is 0 Å². The minimum Gasteiger partial charge on any atom is -0.344 e. The summed E-state index contributed by atoms with van der Waals surface area (Å²) in [5.41, 5.74) is 0. The van der Waals surface area contributed by atoms with Gasteiger partial charge < -0.3 is 4.29 Å². The molecule has 0 fully saturated rings. The molecule has 0 saturated heterocycles. The van der Waals surface area contributed by atoms with E-state index in [4.69, 9.17) is 0 Å². The van der Waals surface area contributed by atoms with Gasteiger partial charge >= 0.3 is 5.97 Å². The molecule has 2 nitrogen and oxygen atoms in total. The van der Waals surface area contributed by atoms with Crippen molar-refractivity contribution in [3.8, 4) is 0 Å². The Morgan fingerprint density at radius 2 is 2.29 bits per heavy atom. The van der Waals surface area contributed by atoms with Crippen LogP contribution < -0.4 is 0 Å². The van der Waals surface area contributed by atoms with Crippen molar-refractivity contribution >= 4 is 17.8 Å². The molecule has 0 amide bonds. The maximum atomic E-state index is 9.71. The summed E-state index contributed by atoms with van der Waals surface area (Å²) < 4.78 is 3.61. The second kappa shape index (κ2) is 5.50. The number of rotatable bonds is 1. The lowest BCUT2D eigenvalue weighted by Gasteiger charge is -1.77. The molecule has 0 aromatic heterocycles. The standard InChI is InChI=1S/C3H3ClO2.CH4/c1-2-3(5)6-4;/h2H,1H2;1H4. The first kappa shape index (κ1) is 9.71. The molecule has 0 unspecified atom stereocenters. The Kier molecular flexibility index (Phi) is 7.63. The first-order valence-corrected chi connectivity index (χ1v) is 1.57. The van der Waals surface area contributed by atoms with Crippen LogP contribution in [0.4, 0.5) is 0 Å². The van der Waals surface area contributed by atoms with Crippen molar-refractivity contribution in [1.29, 1.82) is 0 Å². The molecule has 0 aliphatic heterocycles. The molecule has 0 radical (unpaired) electrons. The Morgan fingerprint density at radius 1 is 1.86 bits per heavy atom. The van der Waals surface area contributed by atoms with E-state index in [2.05, 4.69) is 22.7 Å². The van der Waals surface area contributed by atoms with Crippen molar-refractivity contribution in [2.75, 3.05) is 0 Å². The average molecular weight is 123 g/mol. The fourth-order valence-electron chi connectivity index (χ4n) is 0.0315. The van der Waals surface area contributed by atoms with E-state index in [0.717, 1.165) is 6.08 Å². The summed E-state index contributed by atoms with van der Waals surface area (Å²) >= 11 is 4.53. The SMILES string of the molecule is C.C=CC(=O)OCl. The summed E-state index contributed by atoms with van der Waals surface area (Å²) in [4.78, 5) is 9.71. The van der Waals surface area contributed by atoms with Gasteiger partial charge in [-0.25, -0.2) is 4.79 Å². The van der Waals surface area contributed by atoms with E-state index < -0.39 is 5.97 Å². The number of carbonyl (C=O) groups is 1. The Morgan fingerprint density at radius 3 is 2.29 bits per heavy atom. The molecule has 3 heteroatoms. The maximum Gasteiger partial charge on any atom is 0.348 e. The molecule has 42 valence electrons. The monoisotopic (exact) mass is 122 g/mol. The molecule has 0 aromatic carbocycles.